The van der Waals surface area contributed by atoms with Gasteiger partial charge in [0.15, 0.2) is 17.6 Å². The number of carbonyl (C=O) groups is 1. The van der Waals surface area contributed by atoms with Crippen molar-refractivity contribution in [3.63, 3.8) is 0 Å². The highest BCUT2D eigenvalue weighted by Crippen LogP contribution is 2.38. The Labute approximate surface area is 153 Å². The predicted octanol–water partition coefficient (Wildman–Crippen LogP) is 3.70. The molecule has 0 spiro atoms. The molecule has 0 fully saturated rings. The van der Waals surface area contributed by atoms with E-state index in [2.05, 4.69) is 26.1 Å². The summed E-state index contributed by atoms with van der Waals surface area (Å²) in [7, 11) is 0. The number of ether oxygens (including phenoxy) is 3. The van der Waals surface area contributed by atoms with Gasteiger partial charge in [-0.25, -0.2) is 0 Å². The Morgan fingerprint density at radius 1 is 1.15 bits per heavy atom. The average molecular weight is 356 g/mol. The monoisotopic (exact) mass is 356 g/mol. The number of anilines is 2. The first-order valence-electron chi connectivity index (χ1n) is 8.51. The predicted molar refractivity (Wildman–Crippen MR) is 101 cm³/mol. The van der Waals surface area contributed by atoms with E-state index < -0.39 is 6.10 Å². The molecule has 138 valence electrons. The van der Waals surface area contributed by atoms with Crippen molar-refractivity contribution in [1.82, 2.24) is 0 Å². The van der Waals surface area contributed by atoms with Gasteiger partial charge in [0.2, 0.25) is 6.79 Å². The van der Waals surface area contributed by atoms with Crippen LogP contribution in [-0.4, -0.2) is 18.8 Å². The van der Waals surface area contributed by atoms with E-state index in [9.17, 15) is 4.79 Å². The molecule has 6 nitrogen and oxygen atoms in total. The number of benzene rings is 2. The molecular weight excluding hydrogens is 332 g/mol. The summed E-state index contributed by atoms with van der Waals surface area (Å²) in [4.78, 5) is 12.4. The molecule has 1 atom stereocenters. The van der Waals surface area contributed by atoms with E-state index in [-0.39, 0.29) is 18.1 Å². The maximum atomic E-state index is 12.4. The highest BCUT2D eigenvalue weighted by atomic mass is 16.7. The molecule has 0 aliphatic carbocycles. The minimum absolute atomic E-state index is 0.0679. The standard InChI is InChI=1S/C20H24N2O4/c1-12(26-14-7-5-13(6-8-14)20(2,3)4)19(23)22-16-10-18-17(9-15(16)21)24-11-25-18/h5-10,12H,11,21H2,1-4H3,(H,22,23). The number of hydrogen-bond acceptors (Lipinski definition) is 5. The molecule has 1 amide bonds. The first kappa shape index (κ1) is 17.9. The number of nitrogens with one attached hydrogen (secondary N) is 1. The molecule has 0 bridgehead atoms. The molecule has 6 heteroatoms. The van der Waals surface area contributed by atoms with E-state index in [4.69, 9.17) is 19.9 Å². The quantitative estimate of drug-likeness (QED) is 0.816. The number of nitrogens with two attached hydrogens (primary N) is 1. The van der Waals surface area contributed by atoms with Gasteiger partial charge in [-0.3, -0.25) is 4.79 Å². The number of carbonyl (C=O) groups excluding carboxylic acids is 1. The maximum absolute atomic E-state index is 12.4. The zero-order valence-electron chi connectivity index (χ0n) is 15.5. The Hall–Kier alpha value is -2.89. The molecule has 2 aromatic rings. The van der Waals surface area contributed by atoms with Crippen molar-refractivity contribution in [3.05, 3.63) is 42.0 Å². The second-order valence-corrected chi connectivity index (χ2v) is 7.32. The van der Waals surface area contributed by atoms with Crippen molar-refractivity contribution >= 4 is 17.3 Å². The number of hydrogen-bond donors (Lipinski definition) is 2. The average Bonchev–Trinajstić information content (AvgIpc) is 3.01. The van der Waals surface area contributed by atoms with Crippen LogP contribution in [0.3, 0.4) is 0 Å². The van der Waals surface area contributed by atoms with Crippen molar-refractivity contribution in [2.24, 2.45) is 0 Å². The van der Waals surface area contributed by atoms with Crippen LogP contribution in [0.1, 0.15) is 33.3 Å². The molecule has 0 radical (unpaired) electrons. The topological polar surface area (TPSA) is 82.8 Å². The van der Waals surface area contributed by atoms with Gasteiger partial charge < -0.3 is 25.3 Å². The lowest BCUT2D eigenvalue weighted by Gasteiger charge is -2.20. The summed E-state index contributed by atoms with van der Waals surface area (Å²) in [6.07, 6.45) is -0.680. The summed E-state index contributed by atoms with van der Waals surface area (Å²) in [6, 6.07) is 11.1. The first-order valence-corrected chi connectivity index (χ1v) is 8.51. The summed E-state index contributed by atoms with van der Waals surface area (Å²) in [5, 5.41) is 2.77. The summed E-state index contributed by atoms with van der Waals surface area (Å²) in [5.74, 6) is 1.47. The van der Waals surface area contributed by atoms with Crippen molar-refractivity contribution < 1.29 is 19.0 Å². The third-order valence-electron chi connectivity index (χ3n) is 4.21. The van der Waals surface area contributed by atoms with Gasteiger partial charge in [0.25, 0.3) is 5.91 Å². The van der Waals surface area contributed by atoms with Gasteiger partial charge in [0.1, 0.15) is 5.75 Å². The van der Waals surface area contributed by atoms with Crippen LogP contribution in [0.25, 0.3) is 0 Å². The molecule has 0 saturated heterocycles. The molecule has 0 saturated carbocycles. The SMILES string of the molecule is CC(Oc1ccc(C(C)(C)C)cc1)C(=O)Nc1cc2c(cc1N)OCO2. The highest BCUT2D eigenvalue weighted by Gasteiger charge is 2.20. The molecule has 1 unspecified atom stereocenters. The van der Waals surface area contributed by atoms with E-state index in [0.717, 1.165) is 0 Å². The van der Waals surface area contributed by atoms with E-state index in [1.807, 2.05) is 24.3 Å². The number of rotatable bonds is 4. The van der Waals surface area contributed by atoms with Gasteiger partial charge >= 0.3 is 0 Å². The maximum Gasteiger partial charge on any atom is 0.265 e. The second-order valence-electron chi connectivity index (χ2n) is 7.32. The molecular formula is C20H24N2O4. The Morgan fingerprint density at radius 2 is 1.77 bits per heavy atom. The number of fused-ring (bicyclic) bond motifs is 1. The van der Waals surface area contributed by atoms with Crippen LogP contribution in [0.5, 0.6) is 17.2 Å². The van der Waals surface area contributed by atoms with Crippen molar-refractivity contribution in [3.8, 4) is 17.2 Å². The van der Waals surface area contributed by atoms with Crippen LogP contribution in [0, 0.1) is 0 Å². The van der Waals surface area contributed by atoms with Crippen molar-refractivity contribution in [1.29, 1.82) is 0 Å². The lowest BCUT2D eigenvalue weighted by Crippen LogP contribution is -2.30. The molecule has 2 aromatic carbocycles. The minimum Gasteiger partial charge on any atom is -0.481 e. The van der Waals surface area contributed by atoms with Crippen LogP contribution < -0.4 is 25.3 Å². The van der Waals surface area contributed by atoms with Crippen LogP contribution in [-0.2, 0) is 10.2 Å². The summed E-state index contributed by atoms with van der Waals surface area (Å²) in [5.41, 5.74) is 8.11. The van der Waals surface area contributed by atoms with E-state index in [1.165, 1.54) is 5.56 Å². The van der Waals surface area contributed by atoms with Gasteiger partial charge in [-0.05, 0) is 30.0 Å². The molecule has 3 rings (SSSR count). The summed E-state index contributed by atoms with van der Waals surface area (Å²) in [6.45, 7) is 8.28. The third-order valence-corrected chi connectivity index (χ3v) is 4.21. The summed E-state index contributed by atoms with van der Waals surface area (Å²) < 4.78 is 16.3. The lowest BCUT2D eigenvalue weighted by molar-refractivity contribution is -0.122. The van der Waals surface area contributed by atoms with Gasteiger partial charge in [-0.1, -0.05) is 32.9 Å². The Kier molecular flexibility index (Phi) is 4.68. The molecule has 1 heterocycles. The summed E-state index contributed by atoms with van der Waals surface area (Å²) >= 11 is 0. The van der Waals surface area contributed by atoms with E-state index >= 15 is 0 Å². The van der Waals surface area contributed by atoms with Crippen LogP contribution >= 0.6 is 0 Å². The fourth-order valence-electron chi connectivity index (χ4n) is 2.59. The van der Waals surface area contributed by atoms with Gasteiger partial charge in [-0.2, -0.15) is 0 Å². The zero-order valence-corrected chi connectivity index (χ0v) is 15.5. The fourth-order valence-corrected chi connectivity index (χ4v) is 2.59. The normalized spacial score (nSPS) is 14.0. The lowest BCUT2D eigenvalue weighted by atomic mass is 9.87. The largest absolute Gasteiger partial charge is 0.481 e. The zero-order chi connectivity index (χ0) is 18.9. The van der Waals surface area contributed by atoms with Crippen molar-refractivity contribution in [2.45, 2.75) is 39.2 Å². The minimum atomic E-state index is -0.680. The Bertz CT molecular complexity index is 810. The van der Waals surface area contributed by atoms with Gasteiger partial charge in [0.05, 0.1) is 11.4 Å². The second kappa shape index (κ2) is 6.78. The molecule has 1 aliphatic heterocycles. The fraction of sp³-hybridized carbons (Fsp3) is 0.350. The highest BCUT2D eigenvalue weighted by molar-refractivity contribution is 5.97. The third kappa shape index (κ3) is 3.85. The van der Waals surface area contributed by atoms with Crippen LogP contribution in [0.2, 0.25) is 0 Å². The Morgan fingerprint density at radius 3 is 2.38 bits per heavy atom. The molecule has 26 heavy (non-hydrogen) atoms. The molecule has 1 aliphatic rings. The number of amides is 1. The Balaban J connectivity index is 1.65. The first-order chi connectivity index (χ1) is 12.2. The molecule has 0 aromatic heterocycles. The van der Waals surface area contributed by atoms with Gasteiger partial charge in [0, 0.05) is 12.1 Å². The van der Waals surface area contributed by atoms with E-state index in [0.29, 0.717) is 28.6 Å². The van der Waals surface area contributed by atoms with Crippen LogP contribution in [0.4, 0.5) is 11.4 Å². The molecule has 3 N–H and O–H groups in total. The van der Waals surface area contributed by atoms with E-state index in [1.54, 1.807) is 19.1 Å². The van der Waals surface area contributed by atoms with Crippen molar-refractivity contribution in [2.75, 3.05) is 17.8 Å². The smallest absolute Gasteiger partial charge is 0.265 e. The van der Waals surface area contributed by atoms with Crippen LogP contribution in [0.15, 0.2) is 36.4 Å². The van der Waals surface area contributed by atoms with Gasteiger partial charge in [-0.15, -0.1) is 0 Å². The number of nitrogen functional groups attached to an aromatic ring is 1.